The number of benzene rings is 2. The first-order valence-electron chi connectivity index (χ1n) is 9.43. The highest BCUT2D eigenvalue weighted by Gasteiger charge is 2.25. The standard InChI is InChI=1S/C22H21ClN2O4S/c1-27-19-9-14-7-8-25(11-15(14)10-20(19)28-2)22(26)18-13-30-21(24-18)12-29-17-5-3-16(23)4-6-17/h3-6,9-10,13H,7-8,11-12H2,1-2H3. The maximum atomic E-state index is 13.0. The van der Waals surface area contributed by atoms with Crippen molar-refractivity contribution in [3.63, 3.8) is 0 Å². The molecule has 0 aliphatic carbocycles. The molecule has 0 spiro atoms. The fourth-order valence-electron chi connectivity index (χ4n) is 3.37. The number of aromatic nitrogens is 1. The van der Waals surface area contributed by atoms with E-state index in [2.05, 4.69) is 4.98 Å². The van der Waals surface area contributed by atoms with Gasteiger partial charge in [-0.25, -0.2) is 4.98 Å². The lowest BCUT2D eigenvalue weighted by molar-refractivity contribution is 0.0729. The first-order chi connectivity index (χ1) is 14.6. The summed E-state index contributed by atoms with van der Waals surface area (Å²) in [4.78, 5) is 19.3. The number of amides is 1. The van der Waals surface area contributed by atoms with Gasteiger partial charge in [0.25, 0.3) is 5.91 Å². The Bertz CT molecular complexity index is 1050. The third-order valence-electron chi connectivity index (χ3n) is 4.95. The van der Waals surface area contributed by atoms with Crippen molar-refractivity contribution in [1.29, 1.82) is 0 Å². The molecule has 0 unspecified atom stereocenters. The number of fused-ring (bicyclic) bond motifs is 1. The summed E-state index contributed by atoms with van der Waals surface area (Å²) in [5.41, 5.74) is 2.68. The summed E-state index contributed by atoms with van der Waals surface area (Å²) in [6.07, 6.45) is 0.762. The minimum absolute atomic E-state index is 0.0792. The molecule has 1 aliphatic rings. The fraction of sp³-hybridized carbons (Fsp3) is 0.273. The first-order valence-corrected chi connectivity index (χ1v) is 10.7. The van der Waals surface area contributed by atoms with Gasteiger partial charge in [-0.2, -0.15) is 0 Å². The average Bonchev–Trinajstić information content (AvgIpc) is 3.26. The minimum atomic E-state index is -0.0792. The molecular formula is C22H21ClN2O4S. The topological polar surface area (TPSA) is 60.9 Å². The monoisotopic (exact) mass is 444 g/mol. The van der Waals surface area contributed by atoms with Gasteiger partial charge < -0.3 is 19.1 Å². The van der Waals surface area contributed by atoms with Crippen LogP contribution in [0.2, 0.25) is 5.02 Å². The molecule has 3 aromatic rings. The summed E-state index contributed by atoms with van der Waals surface area (Å²) < 4.78 is 16.5. The highest BCUT2D eigenvalue weighted by molar-refractivity contribution is 7.09. The van der Waals surface area contributed by atoms with Crippen LogP contribution in [0.5, 0.6) is 17.2 Å². The molecule has 0 atom stereocenters. The minimum Gasteiger partial charge on any atom is -0.493 e. The lowest BCUT2D eigenvalue weighted by Gasteiger charge is -2.29. The quantitative estimate of drug-likeness (QED) is 0.556. The number of carbonyl (C=O) groups excluding carboxylic acids is 1. The Kier molecular flexibility index (Phi) is 6.11. The van der Waals surface area contributed by atoms with Crippen LogP contribution in [0.25, 0.3) is 0 Å². The van der Waals surface area contributed by atoms with E-state index in [1.807, 2.05) is 17.0 Å². The maximum absolute atomic E-state index is 13.0. The van der Waals surface area contributed by atoms with Gasteiger partial charge in [-0.1, -0.05) is 11.6 Å². The van der Waals surface area contributed by atoms with E-state index < -0.39 is 0 Å². The summed E-state index contributed by atoms with van der Waals surface area (Å²) in [6.45, 7) is 1.46. The van der Waals surface area contributed by atoms with E-state index >= 15 is 0 Å². The van der Waals surface area contributed by atoms with Gasteiger partial charge in [-0.15, -0.1) is 11.3 Å². The lowest BCUT2D eigenvalue weighted by atomic mass is 9.98. The van der Waals surface area contributed by atoms with E-state index in [1.165, 1.54) is 16.9 Å². The molecule has 1 aromatic heterocycles. The smallest absolute Gasteiger partial charge is 0.273 e. The molecule has 0 saturated heterocycles. The highest BCUT2D eigenvalue weighted by Crippen LogP contribution is 2.33. The van der Waals surface area contributed by atoms with Crippen molar-refractivity contribution in [1.82, 2.24) is 9.88 Å². The number of hydrogen-bond donors (Lipinski definition) is 0. The third kappa shape index (κ3) is 4.37. The van der Waals surface area contributed by atoms with Crippen LogP contribution >= 0.6 is 22.9 Å². The first kappa shape index (κ1) is 20.5. The van der Waals surface area contributed by atoms with Crippen LogP contribution in [-0.4, -0.2) is 36.6 Å². The van der Waals surface area contributed by atoms with Crippen molar-refractivity contribution < 1.29 is 19.0 Å². The van der Waals surface area contributed by atoms with Gasteiger partial charge in [-0.3, -0.25) is 4.79 Å². The summed E-state index contributed by atoms with van der Waals surface area (Å²) >= 11 is 7.30. The normalized spacial score (nSPS) is 13.0. The van der Waals surface area contributed by atoms with Crippen molar-refractivity contribution >= 4 is 28.8 Å². The molecule has 2 aromatic carbocycles. The van der Waals surface area contributed by atoms with Crippen molar-refractivity contribution in [2.75, 3.05) is 20.8 Å². The highest BCUT2D eigenvalue weighted by atomic mass is 35.5. The van der Waals surface area contributed by atoms with Gasteiger partial charge in [0.1, 0.15) is 23.1 Å². The summed E-state index contributed by atoms with van der Waals surface area (Å²) in [7, 11) is 3.23. The molecule has 0 N–H and O–H groups in total. The Balaban J connectivity index is 1.42. The zero-order valence-electron chi connectivity index (χ0n) is 16.7. The SMILES string of the molecule is COc1cc2c(cc1OC)CN(C(=O)c1csc(COc3ccc(Cl)cc3)n1)CC2. The van der Waals surface area contributed by atoms with Gasteiger partial charge in [0, 0.05) is 23.5 Å². The second-order valence-corrected chi connectivity index (χ2v) is 8.20. The predicted molar refractivity (Wildman–Crippen MR) is 116 cm³/mol. The van der Waals surface area contributed by atoms with Crippen LogP contribution in [0, 0.1) is 0 Å². The van der Waals surface area contributed by atoms with E-state index in [-0.39, 0.29) is 5.91 Å². The number of halogens is 1. The number of nitrogens with zero attached hydrogens (tertiary/aromatic N) is 2. The number of ether oxygens (including phenoxy) is 3. The number of hydrogen-bond acceptors (Lipinski definition) is 6. The van der Waals surface area contributed by atoms with Crippen molar-refractivity contribution in [2.24, 2.45) is 0 Å². The van der Waals surface area contributed by atoms with E-state index in [9.17, 15) is 4.79 Å². The molecule has 2 heterocycles. The van der Waals surface area contributed by atoms with Crippen LogP contribution < -0.4 is 14.2 Å². The van der Waals surface area contributed by atoms with Crippen LogP contribution in [0.3, 0.4) is 0 Å². The molecular weight excluding hydrogens is 424 g/mol. The lowest BCUT2D eigenvalue weighted by Crippen LogP contribution is -2.36. The molecule has 30 heavy (non-hydrogen) atoms. The number of carbonyl (C=O) groups is 1. The molecule has 0 saturated carbocycles. The van der Waals surface area contributed by atoms with E-state index in [0.29, 0.717) is 47.7 Å². The Morgan fingerprint density at radius 1 is 1.13 bits per heavy atom. The third-order valence-corrected chi connectivity index (χ3v) is 6.03. The molecule has 1 amide bonds. The zero-order chi connectivity index (χ0) is 21.1. The molecule has 4 rings (SSSR count). The Morgan fingerprint density at radius 3 is 2.53 bits per heavy atom. The molecule has 6 nitrogen and oxygen atoms in total. The summed E-state index contributed by atoms with van der Waals surface area (Å²) in [6, 6.07) is 11.1. The zero-order valence-corrected chi connectivity index (χ0v) is 18.3. The van der Waals surface area contributed by atoms with Crippen LogP contribution in [0.4, 0.5) is 0 Å². The Hall–Kier alpha value is -2.77. The van der Waals surface area contributed by atoms with Crippen molar-refractivity contribution in [3.8, 4) is 17.2 Å². The fourth-order valence-corrected chi connectivity index (χ4v) is 4.18. The van der Waals surface area contributed by atoms with Crippen LogP contribution in [-0.2, 0) is 19.6 Å². The van der Waals surface area contributed by atoms with Crippen LogP contribution in [0.1, 0.15) is 26.6 Å². The average molecular weight is 445 g/mol. The molecule has 0 fully saturated rings. The van der Waals surface area contributed by atoms with Gasteiger partial charge in [-0.05, 0) is 53.9 Å². The predicted octanol–water partition coefficient (Wildman–Crippen LogP) is 4.59. The van der Waals surface area contributed by atoms with Gasteiger partial charge in [0.2, 0.25) is 0 Å². The van der Waals surface area contributed by atoms with Gasteiger partial charge in [0.15, 0.2) is 11.5 Å². The van der Waals surface area contributed by atoms with E-state index in [0.717, 1.165) is 17.0 Å². The molecule has 1 aliphatic heterocycles. The van der Waals surface area contributed by atoms with Gasteiger partial charge >= 0.3 is 0 Å². The summed E-state index contributed by atoms with van der Waals surface area (Å²) in [5, 5.41) is 3.19. The van der Waals surface area contributed by atoms with Crippen molar-refractivity contribution in [2.45, 2.75) is 19.6 Å². The van der Waals surface area contributed by atoms with E-state index in [1.54, 1.807) is 43.9 Å². The number of thiazole rings is 1. The molecule has 8 heteroatoms. The second kappa shape index (κ2) is 8.93. The summed E-state index contributed by atoms with van der Waals surface area (Å²) in [5.74, 6) is 2.01. The number of methoxy groups -OCH3 is 2. The Morgan fingerprint density at radius 2 is 1.83 bits per heavy atom. The van der Waals surface area contributed by atoms with E-state index in [4.69, 9.17) is 25.8 Å². The molecule has 0 radical (unpaired) electrons. The van der Waals surface area contributed by atoms with Gasteiger partial charge in [0.05, 0.1) is 14.2 Å². The van der Waals surface area contributed by atoms with Crippen molar-refractivity contribution in [3.05, 3.63) is 68.6 Å². The molecule has 156 valence electrons. The Labute approximate surface area is 184 Å². The largest absolute Gasteiger partial charge is 0.493 e. The maximum Gasteiger partial charge on any atom is 0.273 e. The second-order valence-electron chi connectivity index (χ2n) is 6.82. The number of rotatable bonds is 6. The van der Waals surface area contributed by atoms with Crippen LogP contribution in [0.15, 0.2) is 41.8 Å². The molecule has 0 bridgehead atoms.